The fraction of sp³-hybridized carbons (Fsp3) is 0.182. The molecule has 0 radical (unpaired) electrons. The van der Waals surface area contributed by atoms with Crippen molar-refractivity contribution in [2.45, 2.75) is 20.3 Å². The van der Waals surface area contributed by atoms with Crippen LogP contribution in [0.4, 0.5) is 17.3 Å². The van der Waals surface area contributed by atoms with E-state index in [2.05, 4.69) is 25.3 Å². The van der Waals surface area contributed by atoms with E-state index in [4.69, 9.17) is 0 Å². The lowest BCUT2D eigenvalue weighted by Gasteiger charge is -2.13. The third-order valence-electron chi connectivity index (χ3n) is 4.43. The molecule has 0 saturated carbocycles. The van der Waals surface area contributed by atoms with Crippen LogP contribution in [0, 0.1) is 6.92 Å². The van der Waals surface area contributed by atoms with Crippen molar-refractivity contribution in [3.8, 4) is 0 Å². The molecule has 1 heterocycles. The molecule has 7 nitrogen and oxygen atoms in total. The molecule has 0 fully saturated rings. The van der Waals surface area contributed by atoms with Gasteiger partial charge in [0.15, 0.2) is 0 Å². The molecule has 0 atom stereocenters. The third-order valence-corrected chi connectivity index (χ3v) is 4.43. The summed E-state index contributed by atoms with van der Waals surface area (Å²) in [5, 5.41) is 5.98. The normalized spacial score (nSPS) is 10.3. The number of carbonyl (C=O) groups is 2. The van der Waals surface area contributed by atoms with Crippen molar-refractivity contribution in [2.24, 2.45) is 0 Å². The molecule has 0 unspecified atom stereocenters. The summed E-state index contributed by atoms with van der Waals surface area (Å²) < 4.78 is 4.68. The van der Waals surface area contributed by atoms with Crippen LogP contribution in [0.15, 0.2) is 54.7 Å². The molecule has 0 aliphatic heterocycles. The quantitative estimate of drug-likeness (QED) is 0.615. The number of ether oxygens (including phenoxy) is 1. The fourth-order valence-corrected chi connectivity index (χ4v) is 2.86. The molecular weight excluding hydrogens is 368 g/mol. The largest absolute Gasteiger partial charge is 0.465 e. The molecular formula is C22H22N4O3. The van der Waals surface area contributed by atoms with Gasteiger partial charge in [-0.25, -0.2) is 14.8 Å². The fourth-order valence-electron chi connectivity index (χ4n) is 2.86. The summed E-state index contributed by atoms with van der Waals surface area (Å²) in [5.74, 6) is -0.432. The highest BCUT2D eigenvalue weighted by molar-refractivity contribution is 6.03. The highest BCUT2D eigenvalue weighted by Gasteiger charge is 2.13. The molecule has 3 aromatic rings. The van der Waals surface area contributed by atoms with Gasteiger partial charge in [-0.15, -0.1) is 0 Å². The lowest BCUT2D eigenvalue weighted by Crippen LogP contribution is -2.16. The Hall–Kier alpha value is -3.74. The van der Waals surface area contributed by atoms with Gasteiger partial charge in [0.25, 0.3) is 5.91 Å². The molecule has 0 saturated heterocycles. The second-order valence-electron chi connectivity index (χ2n) is 6.38. The molecule has 2 N–H and O–H groups in total. The van der Waals surface area contributed by atoms with Gasteiger partial charge in [0.05, 0.1) is 12.7 Å². The zero-order valence-corrected chi connectivity index (χ0v) is 16.5. The number of anilines is 3. The summed E-state index contributed by atoms with van der Waals surface area (Å²) >= 11 is 0. The zero-order valence-electron chi connectivity index (χ0n) is 16.5. The van der Waals surface area contributed by atoms with Crippen LogP contribution < -0.4 is 10.6 Å². The van der Waals surface area contributed by atoms with E-state index in [0.717, 1.165) is 23.2 Å². The minimum absolute atomic E-state index is 0.249. The Bertz CT molecular complexity index is 1030. The number of nitrogens with one attached hydrogen (secondary N) is 2. The predicted molar refractivity (Wildman–Crippen MR) is 112 cm³/mol. The maximum Gasteiger partial charge on any atom is 0.337 e. The molecule has 148 valence electrons. The Morgan fingerprint density at radius 1 is 1.07 bits per heavy atom. The first kappa shape index (κ1) is 20.0. The van der Waals surface area contributed by atoms with Crippen molar-refractivity contribution >= 4 is 29.2 Å². The first-order valence-electron chi connectivity index (χ1n) is 9.20. The van der Waals surface area contributed by atoms with Crippen molar-refractivity contribution in [2.75, 3.05) is 17.7 Å². The lowest BCUT2D eigenvalue weighted by molar-refractivity contribution is 0.0600. The number of amides is 1. The number of para-hydroxylation sites is 1. The summed E-state index contributed by atoms with van der Waals surface area (Å²) in [7, 11) is 1.33. The van der Waals surface area contributed by atoms with E-state index in [0.29, 0.717) is 11.3 Å². The van der Waals surface area contributed by atoms with Crippen LogP contribution in [0.25, 0.3) is 0 Å². The van der Waals surface area contributed by atoms with Gasteiger partial charge in [0.1, 0.15) is 5.69 Å². The number of rotatable bonds is 6. The van der Waals surface area contributed by atoms with Crippen molar-refractivity contribution in [1.29, 1.82) is 0 Å². The van der Waals surface area contributed by atoms with Crippen LogP contribution in [-0.4, -0.2) is 29.0 Å². The smallest absolute Gasteiger partial charge is 0.337 e. The summed E-state index contributed by atoms with van der Waals surface area (Å²) in [4.78, 5) is 32.7. The second-order valence-corrected chi connectivity index (χ2v) is 6.38. The van der Waals surface area contributed by atoms with Crippen LogP contribution in [0.3, 0.4) is 0 Å². The maximum absolute atomic E-state index is 12.7. The van der Waals surface area contributed by atoms with Crippen LogP contribution in [0.1, 0.15) is 38.9 Å². The van der Waals surface area contributed by atoms with E-state index in [1.54, 1.807) is 30.3 Å². The number of hydrogen-bond acceptors (Lipinski definition) is 6. The minimum atomic E-state index is -0.408. The van der Waals surface area contributed by atoms with Crippen molar-refractivity contribution in [3.63, 3.8) is 0 Å². The Kier molecular flexibility index (Phi) is 6.19. The van der Waals surface area contributed by atoms with Gasteiger partial charge in [-0.05, 0) is 54.8 Å². The highest BCUT2D eigenvalue weighted by Crippen LogP contribution is 2.22. The van der Waals surface area contributed by atoms with E-state index >= 15 is 0 Å². The number of aromatic nitrogens is 2. The van der Waals surface area contributed by atoms with Gasteiger partial charge in [0.2, 0.25) is 5.95 Å². The van der Waals surface area contributed by atoms with Crippen molar-refractivity contribution in [1.82, 2.24) is 9.97 Å². The number of hydrogen-bond donors (Lipinski definition) is 2. The predicted octanol–water partition coefficient (Wildman–Crippen LogP) is 4.13. The van der Waals surface area contributed by atoms with E-state index in [1.807, 2.05) is 32.0 Å². The van der Waals surface area contributed by atoms with E-state index < -0.39 is 5.97 Å². The number of esters is 1. The number of benzene rings is 2. The topological polar surface area (TPSA) is 93.2 Å². The van der Waals surface area contributed by atoms with Crippen LogP contribution >= 0.6 is 0 Å². The number of methoxy groups -OCH3 is 1. The van der Waals surface area contributed by atoms with Gasteiger partial charge in [-0.3, -0.25) is 4.79 Å². The molecule has 2 aromatic carbocycles. The van der Waals surface area contributed by atoms with Gasteiger partial charge in [-0.1, -0.05) is 25.1 Å². The number of aryl methyl sites for hydroxylation is 2. The molecule has 3 rings (SSSR count). The standard InChI is InChI=1S/C22H22N4O3/c1-4-15-7-5-6-14(2)19(15)26-20(27)18-12-13-23-22(25-18)24-17-10-8-16(9-11-17)21(28)29-3/h5-13H,4H2,1-3H3,(H,26,27)(H,23,24,25). The molecule has 0 bridgehead atoms. The molecule has 1 aromatic heterocycles. The summed E-state index contributed by atoms with van der Waals surface area (Å²) in [6.45, 7) is 4.00. The maximum atomic E-state index is 12.7. The summed E-state index contributed by atoms with van der Waals surface area (Å²) in [6, 6.07) is 14.2. The minimum Gasteiger partial charge on any atom is -0.465 e. The monoisotopic (exact) mass is 390 g/mol. The highest BCUT2D eigenvalue weighted by atomic mass is 16.5. The second kappa shape index (κ2) is 8.97. The first-order chi connectivity index (χ1) is 14.0. The number of carbonyl (C=O) groups excluding carboxylic acids is 2. The molecule has 1 amide bonds. The molecule has 0 aliphatic carbocycles. The Morgan fingerprint density at radius 3 is 2.52 bits per heavy atom. The SMILES string of the molecule is CCc1cccc(C)c1NC(=O)c1ccnc(Nc2ccc(C(=O)OC)cc2)n1. The molecule has 29 heavy (non-hydrogen) atoms. The Morgan fingerprint density at radius 2 is 1.83 bits per heavy atom. The van der Waals surface area contributed by atoms with E-state index in [9.17, 15) is 9.59 Å². The average molecular weight is 390 g/mol. The third kappa shape index (κ3) is 4.76. The van der Waals surface area contributed by atoms with Crippen molar-refractivity contribution < 1.29 is 14.3 Å². The first-order valence-corrected chi connectivity index (χ1v) is 9.20. The lowest BCUT2D eigenvalue weighted by atomic mass is 10.1. The molecule has 0 spiro atoms. The van der Waals surface area contributed by atoms with E-state index in [1.165, 1.54) is 13.3 Å². The Labute approximate surface area is 169 Å². The summed E-state index contributed by atoms with van der Waals surface area (Å²) in [5.41, 5.74) is 4.25. The Balaban J connectivity index is 1.76. The van der Waals surface area contributed by atoms with Gasteiger partial charge in [-0.2, -0.15) is 0 Å². The van der Waals surface area contributed by atoms with Crippen LogP contribution in [0.5, 0.6) is 0 Å². The average Bonchev–Trinajstić information content (AvgIpc) is 2.75. The number of nitrogens with zero attached hydrogens (tertiary/aromatic N) is 2. The van der Waals surface area contributed by atoms with Gasteiger partial charge in [0, 0.05) is 17.6 Å². The summed E-state index contributed by atoms with van der Waals surface area (Å²) in [6.07, 6.45) is 2.33. The van der Waals surface area contributed by atoms with Crippen LogP contribution in [0.2, 0.25) is 0 Å². The molecule has 7 heteroatoms. The zero-order chi connectivity index (χ0) is 20.8. The van der Waals surface area contributed by atoms with Crippen LogP contribution in [-0.2, 0) is 11.2 Å². The van der Waals surface area contributed by atoms with Gasteiger partial charge >= 0.3 is 5.97 Å². The molecule has 0 aliphatic rings. The van der Waals surface area contributed by atoms with Gasteiger partial charge < -0.3 is 15.4 Å². The van der Waals surface area contributed by atoms with E-state index in [-0.39, 0.29) is 17.5 Å². The van der Waals surface area contributed by atoms with Crippen molar-refractivity contribution in [3.05, 3.63) is 77.1 Å².